The molecule has 1 N–H and O–H groups in total. The van der Waals surface area contributed by atoms with E-state index in [2.05, 4.69) is 19.8 Å². The van der Waals surface area contributed by atoms with Gasteiger partial charge >= 0.3 is 0 Å². The molecule has 0 saturated carbocycles. The molecule has 4 heterocycles. The molecule has 0 bridgehead atoms. The first kappa shape index (κ1) is 17.5. The summed E-state index contributed by atoms with van der Waals surface area (Å²) >= 11 is 0. The normalized spacial score (nSPS) is 15.1. The third kappa shape index (κ3) is 4.10. The van der Waals surface area contributed by atoms with Crippen molar-refractivity contribution in [2.45, 2.75) is 0 Å². The van der Waals surface area contributed by atoms with Gasteiger partial charge < -0.3 is 10.0 Å². The van der Waals surface area contributed by atoms with E-state index in [1.165, 1.54) is 0 Å². The average molecular weight is 362 g/mol. The lowest BCUT2D eigenvalue weighted by Gasteiger charge is -2.35. The second-order valence-corrected chi connectivity index (χ2v) is 6.44. The Hall–Kier alpha value is -2.90. The summed E-state index contributed by atoms with van der Waals surface area (Å²) in [6, 6.07) is 11.7. The lowest BCUT2D eigenvalue weighted by molar-refractivity contribution is 0.188. The molecule has 7 heteroatoms. The van der Waals surface area contributed by atoms with Gasteiger partial charge in [0.2, 0.25) is 0 Å². The van der Waals surface area contributed by atoms with E-state index in [9.17, 15) is 0 Å². The van der Waals surface area contributed by atoms with Crippen LogP contribution in [-0.4, -0.2) is 69.3 Å². The first-order valence-corrected chi connectivity index (χ1v) is 9.12. The summed E-state index contributed by atoms with van der Waals surface area (Å²) in [4.78, 5) is 22.6. The van der Waals surface area contributed by atoms with Crippen molar-refractivity contribution in [3.63, 3.8) is 0 Å². The molecule has 4 rings (SSSR count). The number of hydrogen-bond acceptors (Lipinski definition) is 7. The number of aliphatic hydroxyl groups is 1. The van der Waals surface area contributed by atoms with Crippen LogP contribution >= 0.6 is 0 Å². The molecule has 7 nitrogen and oxygen atoms in total. The van der Waals surface area contributed by atoms with Crippen LogP contribution in [-0.2, 0) is 0 Å². The summed E-state index contributed by atoms with van der Waals surface area (Å²) < 4.78 is 0. The van der Waals surface area contributed by atoms with Crippen LogP contribution in [0.5, 0.6) is 0 Å². The average Bonchev–Trinajstić information content (AvgIpc) is 2.75. The van der Waals surface area contributed by atoms with E-state index >= 15 is 0 Å². The number of hydrogen-bond donors (Lipinski definition) is 1. The minimum absolute atomic E-state index is 0.198. The molecule has 27 heavy (non-hydrogen) atoms. The van der Waals surface area contributed by atoms with E-state index in [-0.39, 0.29) is 6.61 Å². The smallest absolute Gasteiger partial charge is 0.180 e. The number of β-amino-alcohol motifs (C(OH)–C–C–N with tert-alkyl or cyclic N) is 1. The molecule has 0 aromatic carbocycles. The van der Waals surface area contributed by atoms with Gasteiger partial charge in [-0.05, 0) is 24.3 Å². The maximum absolute atomic E-state index is 9.14. The van der Waals surface area contributed by atoms with E-state index in [0.29, 0.717) is 5.82 Å². The Labute approximate surface area is 158 Å². The SMILES string of the molecule is OCCN1CCN(c2cc(-c3ccncc3)nc(-c3ccccn3)n2)CC1. The Balaban J connectivity index is 1.69. The number of pyridine rings is 2. The van der Waals surface area contributed by atoms with Crippen molar-refractivity contribution in [3.8, 4) is 22.8 Å². The molecule has 0 amide bonds. The minimum Gasteiger partial charge on any atom is -0.395 e. The van der Waals surface area contributed by atoms with Crippen molar-refractivity contribution in [3.05, 3.63) is 55.0 Å². The van der Waals surface area contributed by atoms with Crippen molar-refractivity contribution in [2.24, 2.45) is 0 Å². The number of piperazine rings is 1. The summed E-state index contributed by atoms with van der Waals surface area (Å²) in [5.74, 6) is 1.53. The molecule has 3 aromatic rings. The maximum atomic E-state index is 9.14. The lowest BCUT2D eigenvalue weighted by atomic mass is 10.1. The largest absolute Gasteiger partial charge is 0.395 e. The summed E-state index contributed by atoms with van der Waals surface area (Å²) in [6.07, 6.45) is 5.29. The second kappa shape index (κ2) is 8.20. The van der Waals surface area contributed by atoms with Crippen LogP contribution in [0.15, 0.2) is 55.0 Å². The molecular formula is C20H22N6O. The molecule has 1 aliphatic rings. The van der Waals surface area contributed by atoms with Gasteiger partial charge in [-0.2, -0.15) is 0 Å². The number of aliphatic hydroxyl groups excluding tert-OH is 1. The zero-order valence-corrected chi connectivity index (χ0v) is 15.1. The molecule has 0 atom stereocenters. The predicted molar refractivity (Wildman–Crippen MR) is 104 cm³/mol. The minimum atomic E-state index is 0.198. The molecule has 0 radical (unpaired) electrons. The van der Waals surface area contributed by atoms with E-state index in [4.69, 9.17) is 15.1 Å². The summed E-state index contributed by atoms with van der Waals surface area (Å²) in [5.41, 5.74) is 2.62. The van der Waals surface area contributed by atoms with Crippen LogP contribution in [0.2, 0.25) is 0 Å². The second-order valence-electron chi connectivity index (χ2n) is 6.44. The first-order valence-electron chi connectivity index (χ1n) is 9.12. The molecule has 0 unspecified atom stereocenters. The van der Waals surface area contributed by atoms with Crippen LogP contribution in [0.3, 0.4) is 0 Å². The Morgan fingerprint density at radius 2 is 1.70 bits per heavy atom. The number of nitrogens with zero attached hydrogens (tertiary/aromatic N) is 6. The third-order valence-corrected chi connectivity index (χ3v) is 4.70. The van der Waals surface area contributed by atoms with Gasteiger partial charge in [0.25, 0.3) is 0 Å². The highest BCUT2D eigenvalue weighted by atomic mass is 16.3. The van der Waals surface area contributed by atoms with Gasteiger partial charge in [0.1, 0.15) is 11.5 Å². The van der Waals surface area contributed by atoms with Crippen LogP contribution < -0.4 is 4.90 Å². The summed E-state index contributed by atoms with van der Waals surface area (Å²) in [5, 5.41) is 9.14. The molecule has 1 aliphatic heterocycles. The van der Waals surface area contributed by atoms with Crippen molar-refractivity contribution in [2.75, 3.05) is 44.2 Å². The highest BCUT2D eigenvalue weighted by Crippen LogP contribution is 2.25. The van der Waals surface area contributed by atoms with Gasteiger partial charge in [0.05, 0.1) is 12.3 Å². The van der Waals surface area contributed by atoms with E-state index in [1.54, 1.807) is 18.6 Å². The Morgan fingerprint density at radius 3 is 2.41 bits per heavy atom. The summed E-state index contributed by atoms with van der Waals surface area (Å²) in [6.45, 7) is 4.48. The van der Waals surface area contributed by atoms with E-state index in [0.717, 1.165) is 55.5 Å². The number of rotatable bonds is 5. The zero-order valence-electron chi connectivity index (χ0n) is 15.1. The quantitative estimate of drug-likeness (QED) is 0.740. The maximum Gasteiger partial charge on any atom is 0.180 e. The van der Waals surface area contributed by atoms with Crippen molar-refractivity contribution < 1.29 is 5.11 Å². The Morgan fingerprint density at radius 1 is 0.889 bits per heavy atom. The molecular weight excluding hydrogens is 340 g/mol. The van der Waals surface area contributed by atoms with Gasteiger partial charge in [0.15, 0.2) is 5.82 Å². The standard InChI is InChI=1S/C20H22N6O/c27-14-13-25-9-11-26(12-10-25)19-15-18(16-4-7-21-8-5-16)23-20(24-19)17-3-1-2-6-22-17/h1-8,15,27H,9-14H2. The summed E-state index contributed by atoms with van der Waals surface area (Å²) in [7, 11) is 0. The van der Waals surface area contributed by atoms with Crippen LogP contribution in [0.4, 0.5) is 5.82 Å². The van der Waals surface area contributed by atoms with E-state index in [1.807, 2.05) is 36.4 Å². The predicted octanol–water partition coefficient (Wildman–Crippen LogP) is 1.71. The van der Waals surface area contributed by atoms with Crippen LogP contribution in [0, 0.1) is 0 Å². The van der Waals surface area contributed by atoms with Gasteiger partial charge in [0, 0.05) is 62.9 Å². The number of aromatic nitrogens is 4. The monoisotopic (exact) mass is 362 g/mol. The molecule has 3 aromatic heterocycles. The van der Waals surface area contributed by atoms with E-state index < -0.39 is 0 Å². The van der Waals surface area contributed by atoms with Gasteiger partial charge in [-0.25, -0.2) is 9.97 Å². The topological polar surface area (TPSA) is 78.3 Å². The molecule has 1 fully saturated rings. The zero-order chi connectivity index (χ0) is 18.5. The fourth-order valence-electron chi connectivity index (χ4n) is 3.22. The van der Waals surface area contributed by atoms with Crippen molar-refractivity contribution in [1.29, 1.82) is 0 Å². The highest BCUT2D eigenvalue weighted by Gasteiger charge is 2.20. The molecule has 138 valence electrons. The van der Waals surface area contributed by atoms with Gasteiger partial charge in [-0.1, -0.05) is 6.07 Å². The van der Waals surface area contributed by atoms with Crippen LogP contribution in [0.1, 0.15) is 0 Å². The Kier molecular flexibility index (Phi) is 5.32. The highest BCUT2D eigenvalue weighted by molar-refractivity contribution is 5.66. The first-order chi connectivity index (χ1) is 13.3. The molecule has 1 saturated heterocycles. The molecule has 0 spiro atoms. The van der Waals surface area contributed by atoms with Crippen molar-refractivity contribution >= 4 is 5.82 Å². The molecule has 0 aliphatic carbocycles. The lowest BCUT2D eigenvalue weighted by Crippen LogP contribution is -2.47. The van der Waals surface area contributed by atoms with Crippen molar-refractivity contribution in [1.82, 2.24) is 24.8 Å². The van der Waals surface area contributed by atoms with Gasteiger partial charge in [-0.3, -0.25) is 14.9 Å². The van der Waals surface area contributed by atoms with Gasteiger partial charge in [-0.15, -0.1) is 0 Å². The fraction of sp³-hybridized carbons (Fsp3) is 0.300. The third-order valence-electron chi connectivity index (χ3n) is 4.70. The number of anilines is 1. The Bertz CT molecular complexity index is 808. The fourth-order valence-corrected chi connectivity index (χ4v) is 3.22. The van der Waals surface area contributed by atoms with Crippen LogP contribution in [0.25, 0.3) is 22.8 Å².